The molecule has 1 heterocycles. The van der Waals surface area contributed by atoms with Gasteiger partial charge in [-0.05, 0) is 55.6 Å². The number of carbonyl (C=O) groups is 1. The number of carbonyl (C=O) groups excluding carboxylic acids is 1. The summed E-state index contributed by atoms with van der Waals surface area (Å²) in [6, 6.07) is 1.14. The van der Waals surface area contributed by atoms with Gasteiger partial charge in [0.1, 0.15) is 11.9 Å². The Morgan fingerprint density at radius 2 is 1.91 bits per heavy atom. The molecule has 0 amide bonds. The van der Waals surface area contributed by atoms with E-state index in [0.29, 0.717) is 12.3 Å². The zero-order valence-corrected chi connectivity index (χ0v) is 19.8. The maximum atomic E-state index is 13.0. The van der Waals surface area contributed by atoms with Crippen molar-refractivity contribution in [1.82, 2.24) is 0 Å². The first kappa shape index (κ1) is 25.6. The molecule has 1 fully saturated rings. The van der Waals surface area contributed by atoms with Crippen molar-refractivity contribution in [3.63, 3.8) is 0 Å². The summed E-state index contributed by atoms with van der Waals surface area (Å²) in [6.45, 7) is 7.00. The van der Waals surface area contributed by atoms with E-state index in [-0.39, 0.29) is 51.0 Å². The van der Waals surface area contributed by atoms with Crippen molar-refractivity contribution in [2.24, 2.45) is 17.8 Å². The third kappa shape index (κ3) is 4.66. The number of phenolic OH excluding ortho intramolecular Hbond substituents is 1. The number of benzene rings is 1. The molecule has 1 aliphatic heterocycles. The quantitative estimate of drug-likeness (QED) is 0.602. The summed E-state index contributed by atoms with van der Waals surface area (Å²) in [4.78, 5) is 12.8. The molecule has 1 aromatic carbocycles. The summed E-state index contributed by atoms with van der Waals surface area (Å²) >= 11 is 0. The molecule has 7 nitrogen and oxygen atoms in total. The van der Waals surface area contributed by atoms with Crippen LogP contribution in [0.5, 0.6) is 5.75 Å². The summed E-state index contributed by atoms with van der Waals surface area (Å²) in [7, 11) is -5.64. The van der Waals surface area contributed by atoms with Crippen LogP contribution in [0.15, 0.2) is 6.07 Å². The standard InChI is InChI=1S/C22H30F3NO6S/c1-11(2)14-6-5-12(3)9-17(14)32-21(29)20(28)18-13(4)10-16-15(19(18)27)7-8-26(16)33(30,31)22(23,24)25/h10-12,14,17,20,27-28H,5-9H2,1-4H3/t12-,14+,17-,20?/m1/s1. The molecule has 1 aromatic rings. The first-order valence-electron chi connectivity index (χ1n) is 11.0. The van der Waals surface area contributed by atoms with Crippen molar-refractivity contribution in [2.75, 3.05) is 10.8 Å². The molecule has 0 saturated heterocycles. The molecule has 0 radical (unpaired) electrons. The largest absolute Gasteiger partial charge is 0.516 e. The van der Waals surface area contributed by atoms with E-state index in [1.165, 1.54) is 6.92 Å². The zero-order chi connectivity index (χ0) is 24.9. The van der Waals surface area contributed by atoms with Crippen LogP contribution in [0.25, 0.3) is 0 Å². The summed E-state index contributed by atoms with van der Waals surface area (Å²) in [5.41, 5.74) is -5.98. The summed E-state index contributed by atoms with van der Waals surface area (Å²) < 4.78 is 68.7. The van der Waals surface area contributed by atoms with Gasteiger partial charge >= 0.3 is 21.5 Å². The third-order valence-corrected chi connectivity index (χ3v) is 8.31. The van der Waals surface area contributed by atoms with Gasteiger partial charge in [0.15, 0.2) is 6.10 Å². The van der Waals surface area contributed by atoms with Crippen LogP contribution >= 0.6 is 0 Å². The Hall–Kier alpha value is -2.01. The molecular formula is C22H30F3NO6S. The number of anilines is 1. The monoisotopic (exact) mass is 493 g/mol. The Balaban J connectivity index is 1.89. The number of nitrogens with zero attached hydrogens (tertiary/aromatic N) is 1. The van der Waals surface area contributed by atoms with Gasteiger partial charge < -0.3 is 14.9 Å². The highest BCUT2D eigenvalue weighted by Crippen LogP contribution is 2.45. The normalized spacial score (nSPS) is 24.6. The predicted octanol–water partition coefficient (Wildman–Crippen LogP) is 3.95. The van der Waals surface area contributed by atoms with Crippen molar-refractivity contribution in [1.29, 1.82) is 0 Å². The van der Waals surface area contributed by atoms with Crippen LogP contribution in [-0.4, -0.2) is 42.8 Å². The molecule has 3 rings (SSSR count). The number of aryl methyl sites for hydroxylation is 1. The minimum Gasteiger partial charge on any atom is -0.507 e. The van der Waals surface area contributed by atoms with Crippen molar-refractivity contribution in [3.05, 3.63) is 22.8 Å². The SMILES string of the molecule is Cc1cc2c(c(O)c1C(O)C(=O)O[C@@H]1C[C@H](C)CC[C@H]1C(C)C)CCN2S(=O)(=O)C(F)(F)F. The minimum absolute atomic E-state index is 0.0679. The zero-order valence-electron chi connectivity index (χ0n) is 19.0. The van der Waals surface area contributed by atoms with Gasteiger partial charge in [0.2, 0.25) is 0 Å². The number of rotatable bonds is 5. The highest BCUT2D eigenvalue weighted by Gasteiger charge is 2.52. The van der Waals surface area contributed by atoms with Crippen LogP contribution in [0.1, 0.15) is 62.8 Å². The molecular weight excluding hydrogens is 463 g/mol. The second-order valence-corrected chi connectivity index (χ2v) is 11.3. The number of fused-ring (bicyclic) bond motifs is 1. The molecule has 0 bridgehead atoms. The Bertz CT molecular complexity index is 1020. The van der Waals surface area contributed by atoms with Crippen LogP contribution in [0.3, 0.4) is 0 Å². The molecule has 186 valence electrons. The van der Waals surface area contributed by atoms with Gasteiger partial charge in [0.25, 0.3) is 0 Å². The number of alkyl halides is 3. The van der Waals surface area contributed by atoms with E-state index in [9.17, 15) is 36.6 Å². The fourth-order valence-electron chi connectivity index (χ4n) is 4.94. The lowest BCUT2D eigenvalue weighted by Crippen LogP contribution is -2.39. The fraction of sp³-hybridized carbons (Fsp3) is 0.682. The van der Waals surface area contributed by atoms with Gasteiger partial charge in [-0.15, -0.1) is 0 Å². The van der Waals surface area contributed by atoms with E-state index in [0.717, 1.165) is 18.9 Å². The molecule has 11 heteroatoms. The molecule has 2 N–H and O–H groups in total. The van der Waals surface area contributed by atoms with Gasteiger partial charge in [0.05, 0.1) is 5.69 Å². The number of hydrogen-bond acceptors (Lipinski definition) is 6. The third-order valence-electron chi connectivity index (χ3n) is 6.77. The van der Waals surface area contributed by atoms with Gasteiger partial charge in [-0.2, -0.15) is 21.6 Å². The van der Waals surface area contributed by atoms with E-state index in [1.807, 2.05) is 13.8 Å². The second kappa shape index (κ2) is 8.98. The van der Waals surface area contributed by atoms with E-state index in [1.54, 1.807) is 0 Å². The second-order valence-electron chi connectivity index (χ2n) is 9.43. The number of esters is 1. The summed E-state index contributed by atoms with van der Waals surface area (Å²) in [5.74, 6) is -0.786. The highest BCUT2D eigenvalue weighted by molar-refractivity contribution is 7.93. The first-order chi connectivity index (χ1) is 15.2. The van der Waals surface area contributed by atoms with E-state index >= 15 is 0 Å². The Kier molecular flexibility index (Phi) is 6.97. The van der Waals surface area contributed by atoms with Crippen LogP contribution in [-0.2, 0) is 26.0 Å². The van der Waals surface area contributed by atoms with Crippen molar-refractivity contribution in [3.8, 4) is 5.75 Å². The molecule has 0 aromatic heterocycles. The molecule has 1 saturated carbocycles. The van der Waals surface area contributed by atoms with Gasteiger partial charge in [0, 0.05) is 17.7 Å². The van der Waals surface area contributed by atoms with Crippen LogP contribution in [0, 0.1) is 24.7 Å². The average molecular weight is 494 g/mol. The minimum atomic E-state index is -5.64. The smallest absolute Gasteiger partial charge is 0.507 e. The number of aliphatic hydroxyl groups is 1. The fourth-order valence-corrected chi connectivity index (χ4v) is 5.95. The topological polar surface area (TPSA) is 104 Å². The lowest BCUT2D eigenvalue weighted by molar-refractivity contribution is -0.166. The molecule has 1 unspecified atom stereocenters. The van der Waals surface area contributed by atoms with Crippen LogP contribution in [0.2, 0.25) is 0 Å². The Labute approximate surface area is 191 Å². The van der Waals surface area contributed by atoms with E-state index in [4.69, 9.17) is 4.74 Å². The maximum absolute atomic E-state index is 13.0. The number of aromatic hydroxyl groups is 1. The number of ether oxygens (including phenoxy) is 1. The van der Waals surface area contributed by atoms with Gasteiger partial charge in [-0.25, -0.2) is 4.79 Å². The van der Waals surface area contributed by atoms with Crippen molar-refractivity contribution in [2.45, 2.75) is 71.1 Å². The molecule has 33 heavy (non-hydrogen) atoms. The van der Waals surface area contributed by atoms with Crippen LogP contribution in [0.4, 0.5) is 18.9 Å². The molecule has 1 aliphatic carbocycles. The number of sulfonamides is 1. The first-order valence-corrected chi connectivity index (χ1v) is 12.4. The maximum Gasteiger partial charge on any atom is 0.516 e. The number of phenols is 1. The average Bonchev–Trinajstić information content (AvgIpc) is 3.11. The number of aliphatic hydroxyl groups excluding tert-OH is 1. The lowest BCUT2D eigenvalue weighted by atomic mass is 9.75. The van der Waals surface area contributed by atoms with Crippen molar-refractivity contribution < 1.29 is 41.3 Å². The number of hydrogen-bond donors (Lipinski definition) is 2. The van der Waals surface area contributed by atoms with Gasteiger partial charge in [-0.3, -0.25) is 4.31 Å². The van der Waals surface area contributed by atoms with Crippen molar-refractivity contribution >= 4 is 21.7 Å². The lowest BCUT2D eigenvalue weighted by Gasteiger charge is -2.37. The van der Waals surface area contributed by atoms with E-state index in [2.05, 4.69) is 6.92 Å². The predicted molar refractivity (Wildman–Crippen MR) is 115 cm³/mol. The van der Waals surface area contributed by atoms with Gasteiger partial charge in [-0.1, -0.05) is 27.2 Å². The highest BCUT2D eigenvalue weighted by atomic mass is 32.2. The summed E-state index contributed by atoms with van der Waals surface area (Å²) in [6.07, 6.45) is 0.122. The molecule has 4 atom stereocenters. The molecule has 0 spiro atoms. The Morgan fingerprint density at radius 3 is 2.48 bits per heavy atom. The van der Waals surface area contributed by atoms with E-state index < -0.39 is 39.9 Å². The summed E-state index contributed by atoms with van der Waals surface area (Å²) in [5, 5.41) is 21.4. The number of halogens is 3. The van der Waals surface area contributed by atoms with Crippen LogP contribution < -0.4 is 4.31 Å². The molecule has 2 aliphatic rings. The Morgan fingerprint density at radius 1 is 1.27 bits per heavy atom.